The highest BCUT2D eigenvalue weighted by molar-refractivity contribution is 8.00. The van der Waals surface area contributed by atoms with Gasteiger partial charge in [-0.2, -0.15) is 0 Å². The van der Waals surface area contributed by atoms with Crippen molar-refractivity contribution in [1.82, 2.24) is 14.8 Å². The Hall–Kier alpha value is -2.28. The molecule has 1 aromatic heterocycles. The number of amides is 1. The fourth-order valence-electron chi connectivity index (χ4n) is 1.84. The summed E-state index contributed by atoms with van der Waals surface area (Å²) in [5.41, 5.74) is 6.22. The summed E-state index contributed by atoms with van der Waals surface area (Å²) in [6.45, 7) is 6.04. The molecule has 116 valence electrons. The Morgan fingerprint density at radius 1 is 1.45 bits per heavy atom. The van der Waals surface area contributed by atoms with Crippen LogP contribution in [0.25, 0.3) is 11.4 Å². The first-order valence-electron chi connectivity index (χ1n) is 6.71. The molecule has 1 heterocycles. The lowest BCUT2D eigenvalue weighted by Crippen LogP contribution is -2.23. The molecule has 0 bridgehead atoms. The van der Waals surface area contributed by atoms with Crippen molar-refractivity contribution in [3.05, 3.63) is 36.9 Å². The Morgan fingerprint density at radius 3 is 2.68 bits per heavy atom. The van der Waals surface area contributed by atoms with E-state index in [1.54, 1.807) is 20.1 Å². The zero-order chi connectivity index (χ0) is 16.1. The van der Waals surface area contributed by atoms with E-state index in [2.05, 4.69) is 16.8 Å². The monoisotopic (exact) mass is 318 g/mol. The maximum absolute atomic E-state index is 11.2. The number of benzene rings is 1. The molecular formula is C15H18N4O2S. The number of allylic oxidation sites excluding steroid dienone is 1. The van der Waals surface area contributed by atoms with Crippen molar-refractivity contribution in [1.29, 1.82) is 0 Å². The van der Waals surface area contributed by atoms with Gasteiger partial charge in [-0.05, 0) is 31.2 Å². The smallest absolute Gasteiger partial charge is 0.230 e. The van der Waals surface area contributed by atoms with E-state index in [-0.39, 0.29) is 11.2 Å². The van der Waals surface area contributed by atoms with Crippen LogP contribution >= 0.6 is 11.8 Å². The Morgan fingerprint density at radius 2 is 2.14 bits per heavy atom. The molecule has 7 heteroatoms. The summed E-state index contributed by atoms with van der Waals surface area (Å²) in [6.07, 6.45) is 1.76. The van der Waals surface area contributed by atoms with Crippen LogP contribution in [0.15, 0.2) is 42.1 Å². The highest BCUT2D eigenvalue weighted by Crippen LogP contribution is 2.27. The molecule has 1 atom stereocenters. The average Bonchev–Trinajstić information content (AvgIpc) is 2.90. The lowest BCUT2D eigenvalue weighted by atomic mass is 10.2. The number of hydrogen-bond acceptors (Lipinski definition) is 5. The molecule has 0 saturated carbocycles. The lowest BCUT2D eigenvalue weighted by Gasteiger charge is -2.10. The number of carbonyl (C=O) groups is 1. The standard InChI is InChI=1S/C15H18N4O2S/c1-4-9-19-14(11-5-7-12(21-3)8-6-11)17-18-15(19)22-10(2)13(16)20/h4-8,10H,1,9H2,2-3H3,(H2,16,20). The van der Waals surface area contributed by atoms with Crippen LogP contribution in [0.4, 0.5) is 0 Å². The van der Waals surface area contributed by atoms with Gasteiger partial charge in [0.2, 0.25) is 5.91 Å². The second-order valence-electron chi connectivity index (χ2n) is 4.60. The number of nitrogens with two attached hydrogens (primary N) is 1. The maximum Gasteiger partial charge on any atom is 0.230 e. The Balaban J connectivity index is 2.36. The van der Waals surface area contributed by atoms with Gasteiger partial charge in [0.25, 0.3) is 0 Å². The van der Waals surface area contributed by atoms with Crippen molar-refractivity contribution >= 4 is 17.7 Å². The number of hydrogen-bond donors (Lipinski definition) is 1. The van der Waals surface area contributed by atoms with Crippen molar-refractivity contribution < 1.29 is 9.53 Å². The molecule has 0 fully saturated rings. The van der Waals surface area contributed by atoms with Crippen molar-refractivity contribution in [2.75, 3.05) is 7.11 Å². The molecular weight excluding hydrogens is 300 g/mol. The Bertz CT molecular complexity index is 667. The van der Waals surface area contributed by atoms with E-state index >= 15 is 0 Å². The van der Waals surface area contributed by atoms with E-state index in [0.717, 1.165) is 11.3 Å². The third-order valence-electron chi connectivity index (χ3n) is 3.06. The predicted octanol–water partition coefficient (Wildman–Crippen LogP) is 2.11. The van der Waals surface area contributed by atoms with Gasteiger partial charge in [-0.3, -0.25) is 9.36 Å². The lowest BCUT2D eigenvalue weighted by molar-refractivity contribution is -0.117. The third kappa shape index (κ3) is 3.48. The van der Waals surface area contributed by atoms with Gasteiger partial charge in [-0.15, -0.1) is 16.8 Å². The SMILES string of the molecule is C=CCn1c(SC(C)C(N)=O)nnc1-c1ccc(OC)cc1. The molecule has 0 aliphatic carbocycles. The van der Waals surface area contributed by atoms with E-state index < -0.39 is 0 Å². The molecule has 2 rings (SSSR count). The second kappa shape index (κ2) is 7.13. The number of nitrogens with zero attached hydrogens (tertiary/aromatic N) is 3. The van der Waals surface area contributed by atoms with Crippen LogP contribution in [-0.2, 0) is 11.3 Å². The number of methoxy groups -OCH3 is 1. The van der Waals surface area contributed by atoms with E-state index in [1.165, 1.54) is 11.8 Å². The van der Waals surface area contributed by atoms with Gasteiger partial charge in [-0.25, -0.2) is 0 Å². The zero-order valence-electron chi connectivity index (χ0n) is 12.5. The van der Waals surface area contributed by atoms with Crippen molar-refractivity contribution in [3.8, 4) is 17.1 Å². The van der Waals surface area contributed by atoms with Crippen LogP contribution in [0.1, 0.15) is 6.92 Å². The number of carbonyl (C=O) groups excluding carboxylic acids is 1. The fraction of sp³-hybridized carbons (Fsp3) is 0.267. The molecule has 0 saturated heterocycles. The fourth-order valence-corrected chi connectivity index (χ4v) is 2.65. The van der Waals surface area contributed by atoms with Gasteiger partial charge >= 0.3 is 0 Å². The highest BCUT2D eigenvalue weighted by Gasteiger charge is 2.18. The van der Waals surface area contributed by atoms with Gasteiger partial charge in [0.15, 0.2) is 11.0 Å². The van der Waals surface area contributed by atoms with Gasteiger partial charge in [0.05, 0.1) is 12.4 Å². The first-order valence-corrected chi connectivity index (χ1v) is 7.59. The molecule has 0 radical (unpaired) electrons. The molecule has 2 N–H and O–H groups in total. The number of primary amides is 1. The Kier molecular flexibility index (Phi) is 5.21. The molecule has 1 unspecified atom stereocenters. The van der Waals surface area contributed by atoms with Crippen molar-refractivity contribution in [2.24, 2.45) is 5.73 Å². The minimum Gasteiger partial charge on any atom is -0.497 e. The van der Waals surface area contributed by atoms with Crippen LogP contribution in [0.2, 0.25) is 0 Å². The number of aromatic nitrogens is 3. The van der Waals surface area contributed by atoms with Crippen LogP contribution in [0.5, 0.6) is 5.75 Å². The average molecular weight is 318 g/mol. The van der Waals surface area contributed by atoms with Gasteiger partial charge in [-0.1, -0.05) is 17.8 Å². The summed E-state index contributed by atoms with van der Waals surface area (Å²) < 4.78 is 7.05. The maximum atomic E-state index is 11.2. The first-order chi connectivity index (χ1) is 10.6. The van der Waals surface area contributed by atoms with E-state index in [4.69, 9.17) is 10.5 Å². The number of rotatable bonds is 7. The molecule has 2 aromatic rings. The summed E-state index contributed by atoms with van der Waals surface area (Å²) >= 11 is 1.28. The van der Waals surface area contributed by atoms with Gasteiger partial charge < -0.3 is 10.5 Å². The van der Waals surface area contributed by atoms with Gasteiger partial charge in [0.1, 0.15) is 5.75 Å². The van der Waals surface area contributed by atoms with Crippen LogP contribution in [0.3, 0.4) is 0 Å². The molecule has 22 heavy (non-hydrogen) atoms. The molecule has 0 aliphatic rings. The first kappa shape index (κ1) is 16.1. The zero-order valence-corrected chi connectivity index (χ0v) is 13.3. The molecule has 0 spiro atoms. The van der Waals surface area contributed by atoms with E-state index in [0.29, 0.717) is 17.5 Å². The summed E-state index contributed by atoms with van der Waals surface area (Å²) in [7, 11) is 1.62. The topological polar surface area (TPSA) is 83.0 Å². The summed E-state index contributed by atoms with van der Waals surface area (Å²) in [5, 5.41) is 8.65. The largest absolute Gasteiger partial charge is 0.497 e. The van der Waals surface area contributed by atoms with Crippen molar-refractivity contribution in [2.45, 2.75) is 23.9 Å². The summed E-state index contributed by atoms with van der Waals surface area (Å²) in [5.74, 6) is 1.10. The molecule has 1 amide bonds. The number of ether oxygens (including phenoxy) is 1. The summed E-state index contributed by atoms with van der Waals surface area (Å²) in [4.78, 5) is 11.2. The molecule has 1 aromatic carbocycles. The third-order valence-corrected chi connectivity index (χ3v) is 4.16. The normalized spacial score (nSPS) is 11.9. The second-order valence-corrected chi connectivity index (χ2v) is 5.90. The summed E-state index contributed by atoms with van der Waals surface area (Å²) in [6, 6.07) is 7.55. The van der Waals surface area contributed by atoms with E-state index in [1.807, 2.05) is 28.8 Å². The van der Waals surface area contributed by atoms with Crippen LogP contribution in [-0.4, -0.2) is 33.0 Å². The van der Waals surface area contributed by atoms with Gasteiger partial charge in [0, 0.05) is 12.1 Å². The highest BCUT2D eigenvalue weighted by atomic mass is 32.2. The quantitative estimate of drug-likeness (QED) is 0.624. The van der Waals surface area contributed by atoms with E-state index in [9.17, 15) is 4.79 Å². The minimum atomic E-state index is -0.385. The molecule has 6 nitrogen and oxygen atoms in total. The van der Waals surface area contributed by atoms with Crippen LogP contribution in [0, 0.1) is 0 Å². The Labute approximate surface area is 133 Å². The minimum absolute atomic E-state index is 0.378. The van der Waals surface area contributed by atoms with Crippen LogP contribution < -0.4 is 10.5 Å². The molecule has 0 aliphatic heterocycles. The number of thioether (sulfide) groups is 1. The van der Waals surface area contributed by atoms with Crippen molar-refractivity contribution in [3.63, 3.8) is 0 Å². The predicted molar refractivity (Wildman–Crippen MR) is 86.7 cm³/mol.